The summed E-state index contributed by atoms with van der Waals surface area (Å²) in [5.74, 6) is 1.16. The molecule has 22 heavy (non-hydrogen) atoms. The maximum Gasteiger partial charge on any atom is 0.159 e. The molecule has 0 amide bonds. The van der Waals surface area contributed by atoms with Gasteiger partial charge in [0.1, 0.15) is 12.0 Å². The molecule has 0 unspecified atom stereocenters. The largest absolute Gasteiger partial charge is 0.393 e. The Hall–Kier alpha value is -2.63. The van der Waals surface area contributed by atoms with Crippen LogP contribution in [0.15, 0.2) is 30.6 Å². The number of hydrogen-bond donors (Lipinski definition) is 3. The van der Waals surface area contributed by atoms with Gasteiger partial charge in [0.15, 0.2) is 17.4 Å². The lowest BCUT2D eigenvalue weighted by Crippen LogP contribution is -2.09. The summed E-state index contributed by atoms with van der Waals surface area (Å²) in [4.78, 5) is 19.8. The molecule has 2 rings (SSSR count). The van der Waals surface area contributed by atoms with E-state index >= 15 is 0 Å². The number of hydrogen-bond acceptors (Lipinski definition) is 6. The molecule has 1 aromatic carbocycles. The Kier molecular flexibility index (Phi) is 5.30. The molecule has 1 aromatic heterocycles. The van der Waals surface area contributed by atoms with Crippen molar-refractivity contribution in [2.75, 3.05) is 22.9 Å². The van der Waals surface area contributed by atoms with Crippen molar-refractivity contribution in [1.82, 2.24) is 9.97 Å². The van der Waals surface area contributed by atoms with E-state index in [1.54, 1.807) is 12.1 Å². The Morgan fingerprint density at radius 1 is 1.27 bits per heavy atom. The number of carbonyl (C=O) groups is 1. The maximum atomic E-state index is 11.4. The van der Waals surface area contributed by atoms with E-state index in [0.29, 0.717) is 22.9 Å². The quantitative estimate of drug-likeness (QED) is 0.537. The van der Waals surface area contributed by atoms with Crippen molar-refractivity contribution in [2.45, 2.75) is 26.7 Å². The Morgan fingerprint density at radius 3 is 2.77 bits per heavy atom. The van der Waals surface area contributed by atoms with Crippen molar-refractivity contribution in [3.8, 4) is 0 Å². The van der Waals surface area contributed by atoms with Crippen LogP contribution in [0.5, 0.6) is 0 Å². The number of ketones is 1. The van der Waals surface area contributed by atoms with E-state index in [0.717, 1.165) is 25.1 Å². The lowest BCUT2D eigenvalue weighted by Gasteiger charge is -2.12. The molecule has 4 N–H and O–H groups in total. The van der Waals surface area contributed by atoms with Gasteiger partial charge in [-0.3, -0.25) is 4.79 Å². The maximum absolute atomic E-state index is 11.4. The second kappa shape index (κ2) is 7.40. The molecule has 0 saturated heterocycles. The molecule has 1 heterocycles. The number of nitrogen functional groups attached to an aromatic ring is 1. The molecular formula is C16H21N5O. The number of nitrogens with zero attached hydrogens (tertiary/aromatic N) is 2. The smallest absolute Gasteiger partial charge is 0.159 e. The van der Waals surface area contributed by atoms with E-state index in [1.165, 1.54) is 13.3 Å². The first-order chi connectivity index (χ1) is 10.6. The van der Waals surface area contributed by atoms with Gasteiger partial charge in [0.25, 0.3) is 0 Å². The van der Waals surface area contributed by atoms with Crippen molar-refractivity contribution >= 4 is 28.8 Å². The van der Waals surface area contributed by atoms with Gasteiger partial charge in [-0.05, 0) is 25.5 Å². The van der Waals surface area contributed by atoms with Crippen LogP contribution in [0.1, 0.15) is 37.0 Å². The summed E-state index contributed by atoms with van der Waals surface area (Å²) in [5, 5.41) is 6.33. The molecule has 0 bridgehead atoms. The average molecular weight is 299 g/mol. The van der Waals surface area contributed by atoms with Gasteiger partial charge >= 0.3 is 0 Å². The van der Waals surface area contributed by atoms with Crippen LogP contribution < -0.4 is 16.4 Å². The van der Waals surface area contributed by atoms with Gasteiger partial charge in [0, 0.05) is 17.8 Å². The highest BCUT2D eigenvalue weighted by atomic mass is 16.1. The van der Waals surface area contributed by atoms with E-state index < -0.39 is 0 Å². The first kappa shape index (κ1) is 15.8. The first-order valence-corrected chi connectivity index (χ1v) is 7.34. The molecule has 0 atom stereocenters. The highest BCUT2D eigenvalue weighted by Crippen LogP contribution is 2.26. The molecule has 0 aliphatic heterocycles. The third-order valence-electron chi connectivity index (χ3n) is 3.24. The van der Waals surface area contributed by atoms with Crippen molar-refractivity contribution in [1.29, 1.82) is 0 Å². The summed E-state index contributed by atoms with van der Waals surface area (Å²) in [5.41, 5.74) is 7.96. The minimum Gasteiger partial charge on any atom is -0.393 e. The fraction of sp³-hybridized carbons (Fsp3) is 0.312. The Labute approximate surface area is 130 Å². The molecular weight excluding hydrogens is 278 g/mol. The van der Waals surface area contributed by atoms with Crippen LogP contribution >= 0.6 is 0 Å². The lowest BCUT2D eigenvalue weighted by atomic mass is 10.1. The van der Waals surface area contributed by atoms with Crippen molar-refractivity contribution in [3.05, 3.63) is 36.2 Å². The number of unbranched alkanes of at least 4 members (excludes halogenated alkanes) is 1. The molecule has 116 valence electrons. The number of rotatable bonds is 7. The number of Topliss-reactive ketones (excluding diaryl/α,β-unsaturated/α-hetero) is 1. The zero-order chi connectivity index (χ0) is 15.9. The Bertz CT molecular complexity index is 657. The predicted molar refractivity (Wildman–Crippen MR) is 89.6 cm³/mol. The Balaban J connectivity index is 2.17. The van der Waals surface area contributed by atoms with Crippen molar-refractivity contribution < 1.29 is 4.79 Å². The van der Waals surface area contributed by atoms with E-state index in [4.69, 9.17) is 5.73 Å². The van der Waals surface area contributed by atoms with E-state index in [-0.39, 0.29) is 5.78 Å². The molecule has 0 spiro atoms. The second-order valence-corrected chi connectivity index (χ2v) is 5.03. The van der Waals surface area contributed by atoms with E-state index in [2.05, 4.69) is 27.5 Å². The van der Waals surface area contributed by atoms with Crippen LogP contribution in [-0.4, -0.2) is 22.3 Å². The molecule has 6 nitrogen and oxygen atoms in total. The van der Waals surface area contributed by atoms with Gasteiger partial charge in [-0.25, -0.2) is 9.97 Å². The minimum absolute atomic E-state index is 0.0150. The summed E-state index contributed by atoms with van der Waals surface area (Å²) < 4.78 is 0. The zero-order valence-corrected chi connectivity index (χ0v) is 12.9. The van der Waals surface area contributed by atoms with E-state index in [9.17, 15) is 4.79 Å². The highest BCUT2D eigenvalue weighted by Gasteiger charge is 2.08. The number of benzene rings is 1. The average Bonchev–Trinajstić information content (AvgIpc) is 2.51. The van der Waals surface area contributed by atoms with Gasteiger partial charge in [-0.1, -0.05) is 25.5 Å². The monoisotopic (exact) mass is 299 g/mol. The summed E-state index contributed by atoms with van der Waals surface area (Å²) in [6.07, 6.45) is 3.61. The van der Waals surface area contributed by atoms with Crippen LogP contribution in [0, 0.1) is 0 Å². The van der Waals surface area contributed by atoms with Gasteiger partial charge in [0.2, 0.25) is 0 Å². The van der Waals surface area contributed by atoms with Gasteiger partial charge in [0.05, 0.1) is 0 Å². The topological polar surface area (TPSA) is 92.9 Å². The number of nitrogens with one attached hydrogen (secondary N) is 2. The zero-order valence-electron chi connectivity index (χ0n) is 12.9. The molecule has 6 heteroatoms. The first-order valence-electron chi connectivity index (χ1n) is 7.34. The normalized spacial score (nSPS) is 10.3. The van der Waals surface area contributed by atoms with Crippen LogP contribution in [-0.2, 0) is 0 Å². The summed E-state index contributed by atoms with van der Waals surface area (Å²) in [7, 11) is 0. The van der Waals surface area contributed by atoms with Gasteiger partial charge < -0.3 is 16.4 Å². The number of anilines is 4. The lowest BCUT2D eigenvalue weighted by molar-refractivity contribution is 0.101. The SMILES string of the molecule is CCCCNc1ncnc(Nc2cccc(C(C)=O)c2)c1N. The van der Waals surface area contributed by atoms with Crippen LogP contribution in [0.25, 0.3) is 0 Å². The van der Waals surface area contributed by atoms with Crippen molar-refractivity contribution in [3.63, 3.8) is 0 Å². The third-order valence-corrected chi connectivity index (χ3v) is 3.24. The number of nitrogens with two attached hydrogens (primary N) is 1. The van der Waals surface area contributed by atoms with Gasteiger partial charge in [-0.15, -0.1) is 0 Å². The van der Waals surface area contributed by atoms with Crippen LogP contribution in [0.4, 0.5) is 23.0 Å². The molecule has 0 saturated carbocycles. The minimum atomic E-state index is 0.0150. The fourth-order valence-corrected chi connectivity index (χ4v) is 1.97. The molecule has 0 aliphatic carbocycles. The molecule has 2 aromatic rings. The van der Waals surface area contributed by atoms with E-state index in [1.807, 2.05) is 12.1 Å². The number of aromatic nitrogens is 2. The van der Waals surface area contributed by atoms with Crippen LogP contribution in [0.2, 0.25) is 0 Å². The van der Waals surface area contributed by atoms with Gasteiger partial charge in [-0.2, -0.15) is 0 Å². The number of carbonyl (C=O) groups excluding carboxylic acids is 1. The molecule has 0 aliphatic rings. The Morgan fingerprint density at radius 2 is 2.05 bits per heavy atom. The fourth-order valence-electron chi connectivity index (χ4n) is 1.97. The molecule has 0 radical (unpaired) electrons. The highest BCUT2D eigenvalue weighted by molar-refractivity contribution is 5.95. The standard InChI is InChI=1S/C16H21N5O/c1-3-4-8-18-15-14(17)16(20-10-19-15)21-13-7-5-6-12(9-13)11(2)22/h5-7,9-10H,3-4,8,17H2,1-2H3,(H2,18,19,20,21). The predicted octanol–water partition coefficient (Wildman–Crippen LogP) is 3.22. The molecule has 0 fully saturated rings. The summed E-state index contributed by atoms with van der Waals surface area (Å²) >= 11 is 0. The second-order valence-electron chi connectivity index (χ2n) is 5.03. The van der Waals surface area contributed by atoms with Crippen LogP contribution in [0.3, 0.4) is 0 Å². The summed E-state index contributed by atoms with van der Waals surface area (Å²) in [6.45, 7) is 4.48. The van der Waals surface area contributed by atoms with Crippen molar-refractivity contribution in [2.24, 2.45) is 0 Å². The third kappa shape index (κ3) is 3.94. The summed E-state index contributed by atoms with van der Waals surface area (Å²) in [6, 6.07) is 7.22.